The van der Waals surface area contributed by atoms with Crippen molar-refractivity contribution in [2.75, 3.05) is 0 Å². The Morgan fingerprint density at radius 2 is 2.10 bits per heavy atom. The molecule has 6 heteroatoms. The van der Waals surface area contributed by atoms with Crippen LogP contribution in [0.4, 0.5) is 0 Å². The molecule has 0 fully saturated rings. The van der Waals surface area contributed by atoms with Crippen LogP contribution in [0, 0.1) is 6.92 Å². The number of hydrogen-bond donors (Lipinski definition) is 1. The maximum absolute atomic E-state index is 10.8. The number of carboxylic acid groups (broad SMARTS) is 1. The second kappa shape index (κ2) is 4.73. The molecule has 108 valence electrons. The van der Waals surface area contributed by atoms with E-state index in [1.54, 1.807) is 0 Å². The lowest BCUT2D eigenvalue weighted by Crippen LogP contribution is -2.02. The molecule has 0 unspecified atom stereocenters. The number of benzene rings is 1. The first-order chi connectivity index (χ1) is 9.97. The molecule has 0 saturated carbocycles. The van der Waals surface area contributed by atoms with E-state index in [9.17, 15) is 4.79 Å². The molecule has 0 bridgehead atoms. The van der Waals surface area contributed by atoms with Gasteiger partial charge in [-0.15, -0.1) is 0 Å². The Kier molecular flexibility index (Phi) is 3.01. The molecule has 0 saturated heterocycles. The highest BCUT2D eigenvalue weighted by molar-refractivity contribution is 5.87. The largest absolute Gasteiger partial charge is 0.475 e. The zero-order valence-corrected chi connectivity index (χ0v) is 12.0. The summed E-state index contributed by atoms with van der Waals surface area (Å²) in [7, 11) is 0. The summed E-state index contributed by atoms with van der Waals surface area (Å²) in [6, 6.07) is 7.50. The predicted molar refractivity (Wildman–Crippen MR) is 77.3 cm³/mol. The average molecular weight is 285 g/mol. The van der Waals surface area contributed by atoms with Crippen LogP contribution in [0.1, 0.15) is 36.3 Å². The summed E-state index contributed by atoms with van der Waals surface area (Å²) in [5.41, 5.74) is 3.19. The Hall–Kier alpha value is -2.63. The fourth-order valence-corrected chi connectivity index (χ4v) is 2.54. The van der Waals surface area contributed by atoms with Crippen molar-refractivity contribution in [2.45, 2.75) is 26.8 Å². The van der Waals surface area contributed by atoms with Crippen LogP contribution in [0.15, 0.2) is 28.8 Å². The monoisotopic (exact) mass is 285 g/mol. The molecule has 6 nitrogen and oxygen atoms in total. The van der Waals surface area contributed by atoms with Gasteiger partial charge in [0.2, 0.25) is 5.76 Å². The van der Waals surface area contributed by atoms with Crippen molar-refractivity contribution in [3.05, 3.63) is 35.9 Å². The van der Waals surface area contributed by atoms with Crippen LogP contribution < -0.4 is 0 Å². The van der Waals surface area contributed by atoms with E-state index in [1.165, 1.54) is 6.07 Å². The van der Waals surface area contributed by atoms with Crippen molar-refractivity contribution >= 4 is 17.0 Å². The summed E-state index contributed by atoms with van der Waals surface area (Å²) in [6.45, 7) is 6.19. The van der Waals surface area contributed by atoms with E-state index >= 15 is 0 Å². The van der Waals surface area contributed by atoms with Crippen molar-refractivity contribution in [3.8, 4) is 11.3 Å². The predicted octanol–water partition coefficient (Wildman–Crippen LogP) is 3.28. The highest BCUT2D eigenvalue weighted by Crippen LogP contribution is 2.26. The van der Waals surface area contributed by atoms with Crippen LogP contribution in [-0.4, -0.2) is 25.8 Å². The maximum Gasteiger partial charge on any atom is 0.374 e. The van der Waals surface area contributed by atoms with Crippen LogP contribution in [0.2, 0.25) is 0 Å². The normalized spacial score (nSPS) is 11.4. The smallest absolute Gasteiger partial charge is 0.374 e. The molecule has 0 spiro atoms. The van der Waals surface area contributed by atoms with Gasteiger partial charge in [0, 0.05) is 17.7 Å². The maximum atomic E-state index is 10.8. The third-order valence-corrected chi connectivity index (χ3v) is 3.40. The number of fused-ring (bicyclic) bond motifs is 1. The van der Waals surface area contributed by atoms with Gasteiger partial charge in [0.15, 0.2) is 0 Å². The van der Waals surface area contributed by atoms with E-state index in [4.69, 9.17) is 9.63 Å². The van der Waals surface area contributed by atoms with Gasteiger partial charge in [-0.05, 0) is 32.9 Å². The number of aryl methyl sites for hydroxylation is 1. The first-order valence-electron chi connectivity index (χ1n) is 6.66. The van der Waals surface area contributed by atoms with Crippen LogP contribution in [0.5, 0.6) is 0 Å². The molecule has 1 N–H and O–H groups in total. The molecule has 0 amide bonds. The Bertz CT molecular complexity index is 830. The van der Waals surface area contributed by atoms with Gasteiger partial charge in [-0.2, -0.15) is 0 Å². The Labute approximate surface area is 121 Å². The van der Waals surface area contributed by atoms with Gasteiger partial charge < -0.3 is 14.2 Å². The number of carbonyl (C=O) groups is 1. The number of carboxylic acids is 1. The van der Waals surface area contributed by atoms with Gasteiger partial charge >= 0.3 is 5.97 Å². The molecule has 21 heavy (non-hydrogen) atoms. The minimum atomic E-state index is -1.13. The highest BCUT2D eigenvalue weighted by Gasteiger charge is 2.15. The van der Waals surface area contributed by atoms with Crippen LogP contribution in [0.25, 0.3) is 22.3 Å². The fourth-order valence-electron chi connectivity index (χ4n) is 2.54. The summed E-state index contributed by atoms with van der Waals surface area (Å²) < 4.78 is 6.94. The van der Waals surface area contributed by atoms with Crippen molar-refractivity contribution in [1.82, 2.24) is 14.7 Å². The number of aromatic nitrogens is 3. The summed E-state index contributed by atoms with van der Waals surface area (Å²) >= 11 is 0. The van der Waals surface area contributed by atoms with E-state index in [-0.39, 0.29) is 5.76 Å². The van der Waals surface area contributed by atoms with Crippen molar-refractivity contribution < 1.29 is 14.4 Å². The minimum Gasteiger partial charge on any atom is -0.475 e. The molecule has 0 atom stereocenters. The number of aromatic carboxylic acids is 1. The second-order valence-corrected chi connectivity index (χ2v) is 5.21. The molecule has 0 radical (unpaired) electrons. The van der Waals surface area contributed by atoms with E-state index < -0.39 is 5.97 Å². The molecule has 2 heterocycles. The van der Waals surface area contributed by atoms with Gasteiger partial charge in [-0.25, -0.2) is 9.78 Å². The van der Waals surface area contributed by atoms with E-state index in [0.29, 0.717) is 11.7 Å². The molecule has 1 aromatic carbocycles. The second-order valence-electron chi connectivity index (χ2n) is 5.21. The van der Waals surface area contributed by atoms with Crippen molar-refractivity contribution in [3.63, 3.8) is 0 Å². The Morgan fingerprint density at radius 3 is 2.71 bits per heavy atom. The van der Waals surface area contributed by atoms with E-state index in [2.05, 4.69) is 28.6 Å². The molecule has 3 rings (SSSR count). The number of nitrogens with zero attached hydrogens (tertiary/aromatic N) is 3. The lowest BCUT2D eigenvalue weighted by atomic mass is 10.1. The first kappa shape index (κ1) is 13.4. The topological polar surface area (TPSA) is 81.2 Å². The highest BCUT2D eigenvalue weighted by atomic mass is 16.5. The summed E-state index contributed by atoms with van der Waals surface area (Å²) in [5, 5.41) is 12.7. The van der Waals surface area contributed by atoms with Crippen LogP contribution >= 0.6 is 0 Å². The third-order valence-electron chi connectivity index (χ3n) is 3.40. The number of rotatable bonds is 3. The van der Waals surface area contributed by atoms with Gasteiger partial charge in [-0.1, -0.05) is 11.2 Å². The zero-order chi connectivity index (χ0) is 15.1. The Balaban J connectivity index is 2.11. The Morgan fingerprint density at radius 1 is 1.33 bits per heavy atom. The molecule has 0 aliphatic rings. The summed E-state index contributed by atoms with van der Waals surface area (Å²) in [5.74, 6) is -0.354. The van der Waals surface area contributed by atoms with E-state index in [1.807, 2.05) is 25.1 Å². The summed E-state index contributed by atoms with van der Waals surface area (Å²) in [4.78, 5) is 15.4. The van der Waals surface area contributed by atoms with Gasteiger partial charge in [0.25, 0.3) is 0 Å². The van der Waals surface area contributed by atoms with Gasteiger partial charge in [-0.3, -0.25) is 0 Å². The summed E-state index contributed by atoms with van der Waals surface area (Å²) in [6.07, 6.45) is 0. The number of imidazole rings is 1. The zero-order valence-electron chi connectivity index (χ0n) is 12.0. The molecule has 0 aliphatic heterocycles. The standard InChI is InChI=1S/C15H15N3O3/c1-8(2)18-9(3)16-12-6-10(4-5-13(12)18)11-7-14(15(19)20)21-17-11/h4-8H,1-3H3,(H,19,20). The number of hydrogen-bond acceptors (Lipinski definition) is 4. The SMILES string of the molecule is Cc1nc2cc(-c3cc(C(=O)O)on3)ccc2n1C(C)C. The van der Waals surface area contributed by atoms with Crippen molar-refractivity contribution in [1.29, 1.82) is 0 Å². The van der Waals surface area contributed by atoms with Crippen molar-refractivity contribution in [2.24, 2.45) is 0 Å². The molecule has 2 aromatic heterocycles. The van der Waals surface area contributed by atoms with E-state index in [0.717, 1.165) is 22.4 Å². The first-order valence-corrected chi connectivity index (χ1v) is 6.66. The fraction of sp³-hybridized carbons (Fsp3) is 0.267. The van der Waals surface area contributed by atoms with Gasteiger partial charge in [0.05, 0.1) is 11.0 Å². The molecular formula is C15H15N3O3. The van der Waals surface area contributed by atoms with Crippen LogP contribution in [0.3, 0.4) is 0 Å². The molecular weight excluding hydrogens is 270 g/mol. The lowest BCUT2D eigenvalue weighted by Gasteiger charge is -2.10. The molecule has 0 aliphatic carbocycles. The minimum absolute atomic E-state index is 0.172. The quantitative estimate of drug-likeness (QED) is 0.798. The van der Waals surface area contributed by atoms with Crippen LogP contribution in [-0.2, 0) is 0 Å². The average Bonchev–Trinajstić information content (AvgIpc) is 3.00. The van der Waals surface area contributed by atoms with Gasteiger partial charge in [0.1, 0.15) is 11.5 Å². The lowest BCUT2D eigenvalue weighted by molar-refractivity contribution is 0.0652. The third kappa shape index (κ3) is 2.18. The molecule has 3 aromatic rings.